The lowest BCUT2D eigenvalue weighted by molar-refractivity contribution is -0.117. The van der Waals surface area contributed by atoms with Crippen molar-refractivity contribution in [2.24, 2.45) is 5.92 Å². The summed E-state index contributed by atoms with van der Waals surface area (Å²) in [5.74, 6) is 0.0631. The van der Waals surface area contributed by atoms with Crippen molar-refractivity contribution in [2.75, 3.05) is 0 Å². The summed E-state index contributed by atoms with van der Waals surface area (Å²) in [7, 11) is 0. The van der Waals surface area contributed by atoms with E-state index < -0.39 is 0 Å². The summed E-state index contributed by atoms with van der Waals surface area (Å²) in [4.78, 5) is 10.8. The first kappa shape index (κ1) is 9.18. The van der Waals surface area contributed by atoms with Crippen molar-refractivity contribution in [3.05, 3.63) is 10.0 Å². The van der Waals surface area contributed by atoms with E-state index in [0.717, 1.165) is 0 Å². The number of allylic oxidation sites excluding steroid dienone is 1. The van der Waals surface area contributed by atoms with Crippen molar-refractivity contribution in [2.45, 2.75) is 13.8 Å². The van der Waals surface area contributed by atoms with Crippen LogP contribution < -0.4 is 0 Å². The van der Waals surface area contributed by atoms with E-state index in [4.69, 9.17) is 11.6 Å². The highest BCUT2D eigenvalue weighted by Crippen LogP contribution is 2.11. The fourth-order valence-electron chi connectivity index (χ4n) is 0.274. The number of carbonyl (C=O) groups excluding carboxylic acids is 1. The second kappa shape index (κ2) is 4.07. The van der Waals surface area contributed by atoms with Crippen LogP contribution in [0.4, 0.5) is 0 Å². The van der Waals surface area contributed by atoms with Gasteiger partial charge in [-0.15, -0.1) is 0 Å². The summed E-state index contributed by atoms with van der Waals surface area (Å²) in [6.07, 6.45) is 1.37. The maximum Gasteiger partial charge on any atom is 0.160 e. The number of halogens is 2. The summed E-state index contributed by atoms with van der Waals surface area (Å²) < 4.78 is 0.362. The minimum absolute atomic E-state index is 0.0244. The van der Waals surface area contributed by atoms with Gasteiger partial charge in [0.05, 0.1) is 3.94 Å². The molecule has 0 amide bonds. The van der Waals surface area contributed by atoms with Crippen molar-refractivity contribution < 1.29 is 4.79 Å². The predicted octanol–water partition coefficient (Wildman–Crippen LogP) is 2.69. The molecule has 3 heteroatoms. The Balaban J connectivity index is 3.93. The zero-order chi connectivity index (χ0) is 7.44. The number of rotatable bonds is 2. The molecule has 0 rings (SSSR count). The minimum atomic E-state index is 0.0244. The topological polar surface area (TPSA) is 17.1 Å². The van der Waals surface area contributed by atoms with Gasteiger partial charge in [-0.2, -0.15) is 0 Å². The van der Waals surface area contributed by atoms with Gasteiger partial charge in [-0.25, -0.2) is 0 Å². The van der Waals surface area contributed by atoms with E-state index in [-0.39, 0.29) is 11.7 Å². The molecule has 0 atom stereocenters. The fourth-order valence-corrected chi connectivity index (χ4v) is 0.607. The normalized spacial score (nSPS) is 12.3. The highest BCUT2D eigenvalue weighted by Gasteiger charge is 2.02. The van der Waals surface area contributed by atoms with Crippen molar-refractivity contribution >= 4 is 33.3 Å². The molecule has 0 bridgehead atoms. The van der Waals surface area contributed by atoms with Crippen LogP contribution in [0.3, 0.4) is 0 Å². The maximum absolute atomic E-state index is 10.8. The van der Waals surface area contributed by atoms with Crippen LogP contribution in [0.5, 0.6) is 0 Å². The third kappa shape index (κ3) is 4.67. The maximum atomic E-state index is 10.8. The summed E-state index contributed by atoms with van der Waals surface area (Å²) in [6.45, 7) is 3.65. The smallest absolute Gasteiger partial charge is 0.160 e. The second-order valence-corrected chi connectivity index (χ2v) is 3.71. The Hall–Kier alpha value is 0.180. The van der Waals surface area contributed by atoms with Gasteiger partial charge in [0.2, 0.25) is 0 Å². The molecule has 0 aromatic heterocycles. The summed E-state index contributed by atoms with van der Waals surface area (Å²) >= 11 is 8.32. The molecule has 9 heavy (non-hydrogen) atoms. The quantitative estimate of drug-likeness (QED) is 0.642. The standard InChI is InChI=1S/C6H8BrClO/c1-4(2)5(9)3-6(7)8/h3-4H,1-2H3/b6-3-. The van der Waals surface area contributed by atoms with Gasteiger partial charge >= 0.3 is 0 Å². The van der Waals surface area contributed by atoms with Gasteiger partial charge < -0.3 is 0 Å². The van der Waals surface area contributed by atoms with Crippen LogP contribution in [-0.2, 0) is 4.79 Å². The highest BCUT2D eigenvalue weighted by atomic mass is 79.9. The van der Waals surface area contributed by atoms with Crippen molar-refractivity contribution in [1.29, 1.82) is 0 Å². The monoisotopic (exact) mass is 210 g/mol. The molecule has 0 heterocycles. The molecule has 52 valence electrons. The van der Waals surface area contributed by atoms with Gasteiger partial charge in [-0.1, -0.05) is 25.4 Å². The van der Waals surface area contributed by atoms with Gasteiger partial charge in [0, 0.05) is 12.0 Å². The third-order valence-electron chi connectivity index (χ3n) is 0.820. The highest BCUT2D eigenvalue weighted by molar-refractivity contribution is 9.12. The second-order valence-electron chi connectivity index (χ2n) is 1.99. The van der Waals surface area contributed by atoms with E-state index in [0.29, 0.717) is 3.94 Å². The van der Waals surface area contributed by atoms with Crippen LogP contribution in [-0.4, -0.2) is 5.78 Å². The summed E-state index contributed by atoms with van der Waals surface area (Å²) in [5, 5.41) is 0. The molecule has 0 aliphatic heterocycles. The molecular formula is C6H8BrClO. The molecule has 0 aromatic carbocycles. The van der Waals surface area contributed by atoms with Crippen LogP contribution in [0.25, 0.3) is 0 Å². The number of hydrogen-bond acceptors (Lipinski definition) is 1. The van der Waals surface area contributed by atoms with E-state index in [1.54, 1.807) is 0 Å². The summed E-state index contributed by atoms with van der Waals surface area (Å²) in [5.41, 5.74) is 0. The molecule has 0 N–H and O–H groups in total. The molecule has 0 fully saturated rings. The SMILES string of the molecule is CC(C)C(=O)/C=C(\Cl)Br. The minimum Gasteiger partial charge on any atom is -0.294 e. The van der Waals surface area contributed by atoms with E-state index >= 15 is 0 Å². The average molecular weight is 211 g/mol. The van der Waals surface area contributed by atoms with Crippen LogP contribution in [0.1, 0.15) is 13.8 Å². The Morgan fingerprint density at radius 3 is 2.22 bits per heavy atom. The molecule has 0 aliphatic carbocycles. The van der Waals surface area contributed by atoms with Crippen LogP contribution in [0.15, 0.2) is 10.0 Å². The Labute approximate surface area is 68.2 Å². The van der Waals surface area contributed by atoms with Gasteiger partial charge in [0.1, 0.15) is 0 Å². The fraction of sp³-hybridized carbons (Fsp3) is 0.500. The zero-order valence-electron chi connectivity index (χ0n) is 5.32. The predicted molar refractivity (Wildman–Crippen MR) is 42.7 cm³/mol. The van der Waals surface area contributed by atoms with Gasteiger partial charge in [0.15, 0.2) is 5.78 Å². The van der Waals surface area contributed by atoms with E-state index in [1.807, 2.05) is 13.8 Å². The molecular weight excluding hydrogens is 203 g/mol. The largest absolute Gasteiger partial charge is 0.294 e. The van der Waals surface area contributed by atoms with Crippen LogP contribution in [0, 0.1) is 5.92 Å². The lowest BCUT2D eigenvalue weighted by Gasteiger charge is -1.94. The molecule has 0 aliphatic rings. The van der Waals surface area contributed by atoms with Crippen molar-refractivity contribution in [1.82, 2.24) is 0 Å². The Morgan fingerprint density at radius 2 is 2.11 bits per heavy atom. The molecule has 0 saturated heterocycles. The number of carbonyl (C=O) groups is 1. The first-order valence-electron chi connectivity index (χ1n) is 2.60. The first-order valence-corrected chi connectivity index (χ1v) is 3.77. The van der Waals surface area contributed by atoms with E-state index in [2.05, 4.69) is 15.9 Å². The Morgan fingerprint density at radius 1 is 1.67 bits per heavy atom. The third-order valence-corrected chi connectivity index (χ3v) is 1.16. The molecule has 0 saturated carbocycles. The summed E-state index contributed by atoms with van der Waals surface area (Å²) in [6, 6.07) is 0. The van der Waals surface area contributed by atoms with Gasteiger partial charge in [0.25, 0.3) is 0 Å². The lowest BCUT2D eigenvalue weighted by Crippen LogP contribution is -2.01. The number of hydrogen-bond donors (Lipinski definition) is 0. The van der Waals surface area contributed by atoms with Crippen molar-refractivity contribution in [3.63, 3.8) is 0 Å². The molecule has 0 aromatic rings. The van der Waals surface area contributed by atoms with Crippen LogP contribution in [0.2, 0.25) is 0 Å². The Bertz CT molecular complexity index is 136. The number of ketones is 1. The molecule has 1 nitrogen and oxygen atoms in total. The first-order chi connectivity index (χ1) is 4.04. The van der Waals surface area contributed by atoms with Crippen LogP contribution >= 0.6 is 27.5 Å². The van der Waals surface area contributed by atoms with E-state index in [9.17, 15) is 4.79 Å². The van der Waals surface area contributed by atoms with Gasteiger partial charge in [-0.05, 0) is 15.9 Å². The van der Waals surface area contributed by atoms with E-state index in [1.165, 1.54) is 6.08 Å². The van der Waals surface area contributed by atoms with Gasteiger partial charge in [-0.3, -0.25) is 4.79 Å². The Kier molecular flexibility index (Phi) is 4.15. The lowest BCUT2D eigenvalue weighted by atomic mass is 10.1. The molecule has 0 spiro atoms. The average Bonchev–Trinajstić information content (AvgIpc) is 1.63. The molecule has 0 radical (unpaired) electrons. The van der Waals surface area contributed by atoms with Crippen molar-refractivity contribution in [3.8, 4) is 0 Å². The zero-order valence-corrected chi connectivity index (χ0v) is 7.66. The molecule has 0 unspecified atom stereocenters.